The number of rotatable bonds is 3. The second kappa shape index (κ2) is 5.44. The molecule has 5 heteroatoms. The van der Waals surface area contributed by atoms with Crippen LogP contribution in [0.15, 0.2) is 42.5 Å². The van der Waals surface area contributed by atoms with Crippen molar-refractivity contribution < 1.29 is 19.0 Å². The lowest BCUT2D eigenvalue weighted by Gasteiger charge is -2.32. The number of nitrogens with zero attached hydrogens (tertiary/aromatic N) is 1. The average Bonchev–Trinajstić information content (AvgIpc) is 2.47. The van der Waals surface area contributed by atoms with Gasteiger partial charge in [-0.05, 0) is 29.8 Å². The quantitative estimate of drug-likeness (QED) is 0.943. The Morgan fingerprint density at radius 3 is 2.86 bits per heavy atom. The number of halogens is 1. The van der Waals surface area contributed by atoms with Gasteiger partial charge in [-0.15, -0.1) is 0 Å². The molecule has 0 fully saturated rings. The third-order valence-electron chi connectivity index (χ3n) is 3.44. The summed E-state index contributed by atoms with van der Waals surface area (Å²) in [6.45, 7) is 1.55. The fourth-order valence-corrected chi connectivity index (χ4v) is 2.49. The molecule has 1 heterocycles. The molecule has 21 heavy (non-hydrogen) atoms. The van der Waals surface area contributed by atoms with E-state index in [0.717, 1.165) is 11.3 Å². The molecule has 3 rings (SSSR count). The van der Waals surface area contributed by atoms with Gasteiger partial charge >= 0.3 is 5.97 Å². The maximum Gasteiger partial charge on any atom is 0.339 e. The number of para-hydroxylation sites is 1. The second-order valence-corrected chi connectivity index (χ2v) is 4.86. The molecule has 0 saturated carbocycles. The number of benzene rings is 2. The molecule has 0 atom stereocenters. The zero-order chi connectivity index (χ0) is 14.8. The summed E-state index contributed by atoms with van der Waals surface area (Å²) in [4.78, 5) is 13.2. The third kappa shape index (κ3) is 2.67. The Balaban J connectivity index is 1.94. The van der Waals surface area contributed by atoms with Gasteiger partial charge in [-0.2, -0.15) is 0 Å². The molecule has 0 saturated heterocycles. The van der Waals surface area contributed by atoms with Crippen molar-refractivity contribution in [1.29, 1.82) is 0 Å². The summed E-state index contributed by atoms with van der Waals surface area (Å²) in [6.07, 6.45) is 0. The van der Waals surface area contributed by atoms with Gasteiger partial charge in [-0.3, -0.25) is 0 Å². The van der Waals surface area contributed by atoms with Gasteiger partial charge in [0.2, 0.25) is 0 Å². The first-order valence-corrected chi connectivity index (χ1v) is 6.63. The van der Waals surface area contributed by atoms with Crippen LogP contribution < -0.4 is 9.64 Å². The van der Waals surface area contributed by atoms with Crippen LogP contribution in [-0.2, 0) is 6.54 Å². The predicted molar refractivity (Wildman–Crippen MR) is 76.3 cm³/mol. The van der Waals surface area contributed by atoms with E-state index in [1.165, 1.54) is 18.2 Å². The van der Waals surface area contributed by atoms with Gasteiger partial charge in [0, 0.05) is 6.54 Å². The molecule has 2 aromatic carbocycles. The standard InChI is InChI=1S/C16H14FNO3/c17-12-4-1-3-11(9-12)10-18-7-8-21-15-13(16(19)20)5-2-6-14(15)18/h1-6,9H,7-8,10H2,(H,19,20). The highest BCUT2D eigenvalue weighted by Gasteiger charge is 2.23. The monoisotopic (exact) mass is 287 g/mol. The Morgan fingerprint density at radius 1 is 1.29 bits per heavy atom. The Morgan fingerprint density at radius 2 is 2.10 bits per heavy atom. The summed E-state index contributed by atoms with van der Waals surface area (Å²) < 4.78 is 18.8. The summed E-state index contributed by atoms with van der Waals surface area (Å²) in [5, 5.41) is 9.21. The van der Waals surface area contributed by atoms with E-state index in [-0.39, 0.29) is 11.4 Å². The number of hydrogen-bond donors (Lipinski definition) is 1. The van der Waals surface area contributed by atoms with E-state index in [0.29, 0.717) is 25.4 Å². The summed E-state index contributed by atoms with van der Waals surface area (Å²) in [5.74, 6) is -0.910. The number of carbonyl (C=O) groups is 1. The lowest BCUT2D eigenvalue weighted by atomic mass is 10.1. The largest absolute Gasteiger partial charge is 0.489 e. The van der Waals surface area contributed by atoms with Crippen LogP contribution in [-0.4, -0.2) is 24.2 Å². The van der Waals surface area contributed by atoms with E-state index in [1.54, 1.807) is 12.1 Å². The molecule has 0 bridgehead atoms. The fraction of sp³-hybridized carbons (Fsp3) is 0.188. The van der Waals surface area contributed by atoms with Crippen molar-refractivity contribution in [2.75, 3.05) is 18.1 Å². The van der Waals surface area contributed by atoms with Crippen LogP contribution >= 0.6 is 0 Å². The number of anilines is 1. The van der Waals surface area contributed by atoms with Crippen molar-refractivity contribution in [3.8, 4) is 5.75 Å². The van der Waals surface area contributed by atoms with Crippen molar-refractivity contribution in [3.63, 3.8) is 0 Å². The molecule has 0 amide bonds. The topological polar surface area (TPSA) is 49.8 Å². The number of ether oxygens (including phenoxy) is 1. The highest BCUT2D eigenvalue weighted by molar-refractivity contribution is 5.93. The molecule has 4 nitrogen and oxygen atoms in total. The first kappa shape index (κ1) is 13.4. The highest BCUT2D eigenvalue weighted by atomic mass is 19.1. The minimum atomic E-state index is -1.01. The molecule has 0 spiro atoms. The number of fused-ring (bicyclic) bond motifs is 1. The predicted octanol–water partition coefficient (Wildman–Crippen LogP) is 2.92. The van der Waals surface area contributed by atoms with Crippen molar-refractivity contribution >= 4 is 11.7 Å². The zero-order valence-corrected chi connectivity index (χ0v) is 11.3. The molecule has 2 aromatic rings. The van der Waals surface area contributed by atoms with E-state index in [1.807, 2.05) is 17.0 Å². The molecule has 1 N–H and O–H groups in total. The van der Waals surface area contributed by atoms with Crippen LogP contribution in [0.1, 0.15) is 15.9 Å². The Bertz CT molecular complexity index is 687. The van der Waals surface area contributed by atoms with E-state index in [4.69, 9.17) is 4.74 Å². The van der Waals surface area contributed by atoms with E-state index in [2.05, 4.69) is 0 Å². The Hall–Kier alpha value is -2.56. The van der Waals surface area contributed by atoms with Crippen molar-refractivity contribution in [1.82, 2.24) is 0 Å². The number of carboxylic acid groups (broad SMARTS) is 1. The molecule has 1 aliphatic rings. The van der Waals surface area contributed by atoms with Crippen molar-refractivity contribution in [3.05, 3.63) is 59.4 Å². The van der Waals surface area contributed by atoms with Crippen molar-refractivity contribution in [2.45, 2.75) is 6.54 Å². The van der Waals surface area contributed by atoms with E-state index >= 15 is 0 Å². The normalized spacial score (nSPS) is 13.5. The summed E-state index contributed by atoms with van der Waals surface area (Å²) in [7, 11) is 0. The zero-order valence-electron chi connectivity index (χ0n) is 11.3. The molecule has 0 aliphatic carbocycles. The average molecular weight is 287 g/mol. The fourth-order valence-electron chi connectivity index (χ4n) is 2.49. The van der Waals surface area contributed by atoms with Crippen LogP contribution in [0.25, 0.3) is 0 Å². The van der Waals surface area contributed by atoms with Gasteiger partial charge in [-0.1, -0.05) is 18.2 Å². The third-order valence-corrected chi connectivity index (χ3v) is 3.44. The molecular weight excluding hydrogens is 273 g/mol. The Labute approximate surface area is 121 Å². The summed E-state index contributed by atoms with van der Waals surface area (Å²) >= 11 is 0. The lowest BCUT2D eigenvalue weighted by Crippen LogP contribution is -2.32. The molecule has 0 radical (unpaired) electrons. The van der Waals surface area contributed by atoms with Crippen LogP contribution in [0.2, 0.25) is 0 Å². The molecular formula is C16H14FNO3. The lowest BCUT2D eigenvalue weighted by molar-refractivity contribution is 0.0692. The number of hydrogen-bond acceptors (Lipinski definition) is 3. The van der Waals surface area contributed by atoms with Crippen LogP contribution in [0.4, 0.5) is 10.1 Å². The molecule has 108 valence electrons. The molecule has 0 unspecified atom stereocenters. The van der Waals surface area contributed by atoms with Gasteiger partial charge < -0.3 is 14.7 Å². The van der Waals surface area contributed by atoms with Gasteiger partial charge in [0.05, 0.1) is 12.2 Å². The SMILES string of the molecule is O=C(O)c1cccc2c1OCCN2Cc1cccc(F)c1. The summed E-state index contributed by atoms with van der Waals surface area (Å²) in [6, 6.07) is 11.4. The number of aromatic carboxylic acids is 1. The first-order valence-electron chi connectivity index (χ1n) is 6.63. The van der Waals surface area contributed by atoms with Gasteiger partial charge in [-0.25, -0.2) is 9.18 Å². The van der Waals surface area contributed by atoms with Gasteiger partial charge in [0.15, 0.2) is 5.75 Å². The molecule has 1 aliphatic heterocycles. The maximum absolute atomic E-state index is 13.3. The number of carboxylic acids is 1. The van der Waals surface area contributed by atoms with Crippen LogP contribution in [0, 0.1) is 5.82 Å². The minimum absolute atomic E-state index is 0.149. The van der Waals surface area contributed by atoms with Crippen molar-refractivity contribution in [2.24, 2.45) is 0 Å². The van der Waals surface area contributed by atoms with Gasteiger partial charge in [0.25, 0.3) is 0 Å². The summed E-state index contributed by atoms with van der Waals surface area (Å²) in [5.41, 5.74) is 1.71. The van der Waals surface area contributed by atoms with Crippen LogP contribution in [0.5, 0.6) is 5.75 Å². The van der Waals surface area contributed by atoms with E-state index in [9.17, 15) is 14.3 Å². The minimum Gasteiger partial charge on any atom is -0.489 e. The smallest absolute Gasteiger partial charge is 0.339 e. The maximum atomic E-state index is 13.3. The van der Waals surface area contributed by atoms with Crippen LogP contribution in [0.3, 0.4) is 0 Å². The second-order valence-electron chi connectivity index (χ2n) is 4.86. The first-order chi connectivity index (χ1) is 10.1. The highest BCUT2D eigenvalue weighted by Crippen LogP contribution is 2.35. The molecule has 0 aromatic heterocycles. The van der Waals surface area contributed by atoms with E-state index < -0.39 is 5.97 Å². The Kier molecular flexibility index (Phi) is 3.48. The van der Waals surface area contributed by atoms with Gasteiger partial charge in [0.1, 0.15) is 18.0 Å².